The lowest BCUT2D eigenvalue weighted by molar-refractivity contribution is -0.117. The van der Waals surface area contributed by atoms with E-state index in [9.17, 15) is 9.18 Å². The zero-order valence-corrected chi connectivity index (χ0v) is 12.3. The summed E-state index contributed by atoms with van der Waals surface area (Å²) in [7, 11) is 0. The van der Waals surface area contributed by atoms with Crippen LogP contribution in [-0.4, -0.2) is 36.5 Å². The number of rotatable bonds is 3. The zero-order valence-electron chi connectivity index (χ0n) is 10.7. The van der Waals surface area contributed by atoms with E-state index < -0.39 is 5.82 Å². The van der Waals surface area contributed by atoms with E-state index >= 15 is 0 Å². The van der Waals surface area contributed by atoms with Crippen LogP contribution in [0, 0.1) is 11.7 Å². The van der Waals surface area contributed by atoms with Gasteiger partial charge in [-0.2, -0.15) is 0 Å². The number of halogens is 2. The summed E-state index contributed by atoms with van der Waals surface area (Å²) in [6.45, 7) is 3.82. The topological polar surface area (TPSA) is 58.4 Å². The normalized spacial score (nSPS) is 23.6. The predicted molar refractivity (Wildman–Crippen MR) is 76.3 cm³/mol. The van der Waals surface area contributed by atoms with Crippen molar-refractivity contribution in [3.63, 3.8) is 0 Å². The highest BCUT2D eigenvalue weighted by atomic mass is 79.9. The van der Waals surface area contributed by atoms with Crippen molar-refractivity contribution in [1.82, 2.24) is 4.90 Å². The maximum absolute atomic E-state index is 13.6. The van der Waals surface area contributed by atoms with Crippen LogP contribution in [-0.2, 0) is 4.79 Å². The molecular formula is C13H17BrFN3O. The number of nitrogens with one attached hydrogen (secondary N) is 1. The van der Waals surface area contributed by atoms with Gasteiger partial charge in [-0.25, -0.2) is 4.39 Å². The molecule has 2 atom stereocenters. The quantitative estimate of drug-likeness (QED) is 0.889. The molecule has 6 heteroatoms. The Labute approximate surface area is 120 Å². The first-order valence-corrected chi connectivity index (χ1v) is 6.98. The van der Waals surface area contributed by atoms with Gasteiger partial charge in [-0.1, -0.05) is 22.9 Å². The second-order valence-corrected chi connectivity index (χ2v) is 5.92. The van der Waals surface area contributed by atoms with Crippen LogP contribution >= 0.6 is 15.9 Å². The Balaban J connectivity index is 1.91. The second-order valence-electron chi connectivity index (χ2n) is 5.01. The highest BCUT2D eigenvalue weighted by Crippen LogP contribution is 2.19. The molecule has 0 saturated carbocycles. The molecule has 1 aromatic rings. The molecule has 19 heavy (non-hydrogen) atoms. The van der Waals surface area contributed by atoms with Crippen LogP contribution in [0.3, 0.4) is 0 Å². The Morgan fingerprint density at radius 2 is 2.32 bits per heavy atom. The molecule has 0 bridgehead atoms. The number of benzene rings is 1. The molecule has 2 rings (SSSR count). The van der Waals surface area contributed by atoms with Gasteiger partial charge in [0.05, 0.1) is 12.2 Å². The maximum Gasteiger partial charge on any atom is 0.238 e. The van der Waals surface area contributed by atoms with Gasteiger partial charge >= 0.3 is 0 Å². The number of hydrogen-bond acceptors (Lipinski definition) is 3. The minimum atomic E-state index is -0.450. The number of nitrogens with two attached hydrogens (primary N) is 1. The van der Waals surface area contributed by atoms with Crippen molar-refractivity contribution in [2.45, 2.75) is 13.0 Å². The molecule has 4 nitrogen and oxygen atoms in total. The average molecular weight is 330 g/mol. The lowest BCUT2D eigenvalue weighted by Crippen LogP contribution is -2.33. The van der Waals surface area contributed by atoms with Crippen molar-refractivity contribution >= 4 is 27.5 Å². The summed E-state index contributed by atoms with van der Waals surface area (Å²) < 4.78 is 14.2. The smallest absolute Gasteiger partial charge is 0.238 e. The van der Waals surface area contributed by atoms with E-state index in [1.54, 1.807) is 6.07 Å². The predicted octanol–water partition coefficient (Wildman–Crippen LogP) is 1.81. The zero-order chi connectivity index (χ0) is 14.0. The molecule has 1 amide bonds. The van der Waals surface area contributed by atoms with Gasteiger partial charge < -0.3 is 11.1 Å². The first-order valence-electron chi connectivity index (χ1n) is 6.18. The average Bonchev–Trinajstić information content (AvgIpc) is 2.62. The van der Waals surface area contributed by atoms with Gasteiger partial charge in [0.25, 0.3) is 0 Å². The SMILES string of the molecule is CC1CN(CC(=O)Nc2ccc(Br)cc2F)CC1N. The van der Waals surface area contributed by atoms with Crippen LogP contribution < -0.4 is 11.1 Å². The van der Waals surface area contributed by atoms with Crippen LogP contribution in [0.4, 0.5) is 10.1 Å². The summed E-state index contributed by atoms with van der Waals surface area (Å²) in [6, 6.07) is 4.66. The van der Waals surface area contributed by atoms with E-state index in [0.717, 1.165) is 6.54 Å². The summed E-state index contributed by atoms with van der Waals surface area (Å²) in [6.07, 6.45) is 0. The van der Waals surface area contributed by atoms with Gasteiger partial charge in [0.2, 0.25) is 5.91 Å². The summed E-state index contributed by atoms with van der Waals surface area (Å²) in [5.41, 5.74) is 6.10. The first kappa shape index (κ1) is 14.4. The molecule has 0 radical (unpaired) electrons. The van der Waals surface area contributed by atoms with Gasteiger partial charge in [0.1, 0.15) is 5.82 Å². The molecule has 1 heterocycles. The summed E-state index contributed by atoms with van der Waals surface area (Å²) in [5, 5.41) is 2.58. The highest BCUT2D eigenvalue weighted by Gasteiger charge is 2.27. The van der Waals surface area contributed by atoms with E-state index in [2.05, 4.69) is 28.2 Å². The molecular weight excluding hydrogens is 313 g/mol. The van der Waals surface area contributed by atoms with Crippen LogP contribution in [0.5, 0.6) is 0 Å². The minimum Gasteiger partial charge on any atom is -0.326 e. The minimum absolute atomic E-state index is 0.109. The number of likely N-dealkylation sites (tertiary alicyclic amines) is 1. The fourth-order valence-electron chi connectivity index (χ4n) is 2.21. The lowest BCUT2D eigenvalue weighted by Gasteiger charge is -2.15. The van der Waals surface area contributed by atoms with Crippen molar-refractivity contribution in [3.05, 3.63) is 28.5 Å². The van der Waals surface area contributed by atoms with Crippen LogP contribution in [0.1, 0.15) is 6.92 Å². The third-order valence-electron chi connectivity index (χ3n) is 3.32. The van der Waals surface area contributed by atoms with Gasteiger partial charge in [-0.05, 0) is 24.1 Å². The molecule has 0 aromatic heterocycles. The Kier molecular flexibility index (Phi) is 4.54. The molecule has 1 aliphatic heterocycles. The fourth-order valence-corrected chi connectivity index (χ4v) is 2.54. The Bertz CT molecular complexity index is 473. The van der Waals surface area contributed by atoms with E-state index in [4.69, 9.17) is 5.73 Å². The summed E-state index contributed by atoms with van der Waals surface area (Å²) in [4.78, 5) is 13.8. The lowest BCUT2D eigenvalue weighted by atomic mass is 10.1. The number of hydrogen-bond donors (Lipinski definition) is 2. The van der Waals surface area contributed by atoms with Gasteiger partial charge in [0, 0.05) is 23.6 Å². The molecule has 1 fully saturated rings. The molecule has 0 spiro atoms. The molecule has 0 aliphatic carbocycles. The molecule has 1 aliphatic rings. The standard InChI is InChI=1S/C13H17BrFN3O/c1-8-5-18(6-11(8)16)7-13(19)17-12-3-2-9(14)4-10(12)15/h2-4,8,11H,5-7,16H2,1H3,(H,17,19). The Hall–Kier alpha value is -0.980. The van der Waals surface area contributed by atoms with Crippen molar-refractivity contribution in [2.75, 3.05) is 25.0 Å². The number of carbonyl (C=O) groups excluding carboxylic acids is 1. The fraction of sp³-hybridized carbons (Fsp3) is 0.462. The first-order chi connectivity index (χ1) is 8.95. The number of amides is 1. The van der Waals surface area contributed by atoms with Crippen LogP contribution in [0.15, 0.2) is 22.7 Å². The van der Waals surface area contributed by atoms with E-state index in [0.29, 0.717) is 16.9 Å². The van der Waals surface area contributed by atoms with E-state index in [-0.39, 0.29) is 24.2 Å². The number of anilines is 1. The van der Waals surface area contributed by atoms with Crippen LogP contribution in [0.25, 0.3) is 0 Å². The summed E-state index contributed by atoms with van der Waals surface area (Å²) in [5.74, 6) is -0.283. The molecule has 2 unspecified atom stereocenters. The third kappa shape index (κ3) is 3.75. The van der Waals surface area contributed by atoms with Crippen molar-refractivity contribution in [1.29, 1.82) is 0 Å². The van der Waals surface area contributed by atoms with Gasteiger partial charge in [-0.15, -0.1) is 0 Å². The second kappa shape index (κ2) is 5.98. The van der Waals surface area contributed by atoms with Gasteiger partial charge in [-0.3, -0.25) is 9.69 Å². The molecule has 1 aromatic carbocycles. The van der Waals surface area contributed by atoms with E-state index in [1.807, 2.05) is 4.90 Å². The monoisotopic (exact) mass is 329 g/mol. The van der Waals surface area contributed by atoms with E-state index in [1.165, 1.54) is 12.1 Å². The largest absolute Gasteiger partial charge is 0.326 e. The van der Waals surface area contributed by atoms with Crippen molar-refractivity contribution in [2.24, 2.45) is 11.7 Å². The Morgan fingerprint density at radius 3 is 2.89 bits per heavy atom. The van der Waals surface area contributed by atoms with Crippen molar-refractivity contribution in [3.8, 4) is 0 Å². The number of carbonyl (C=O) groups is 1. The maximum atomic E-state index is 13.6. The highest BCUT2D eigenvalue weighted by molar-refractivity contribution is 9.10. The molecule has 104 valence electrons. The number of nitrogens with zero attached hydrogens (tertiary/aromatic N) is 1. The molecule has 1 saturated heterocycles. The van der Waals surface area contributed by atoms with Crippen molar-refractivity contribution < 1.29 is 9.18 Å². The Morgan fingerprint density at radius 1 is 1.58 bits per heavy atom. The molecule has 3 N–H and O–H groups in total. The van der Waals surface area contributed by atoms with Crippen LogP contribution in [0.2, 0.25) is 0 Å². The third-order valence-corrected chi connectivity index (χ3v) is 3.81. The summed E-state index contributed by atoms with van der Waals surface area (Å²) >= 11 is 3.17. The van der Waals surface area contributed by atoms with Gasteiger partial charge in [0.15, 0.2) is 0 Å².